The van der Waals surface area contributed by atoms with Crippen molar-refractivity contribution >= 4 is 23.6 Å². The van der Waals surface area contributed by atoms with Crippen LogP contribution in [0.2, 0.25) is 0 Å². The molecule has 6 heteroatoms. The largest absolute Gasteiger partial charge is 0.380 e. The third kappa shape index (κ3) is 6.49. The molecule has 22 heavy (non-hydrogen) atoms. The monoisotopic (exact) mass is 324 g/mol. The second-order valence-corrected chi connectivity index (χ2v) is 5.94. The summed E-state index contributed by atoms with van der Waals surface area (Å²) in [5.41, 5.74) is 0.957. The van der Waals surface area contributed by atoms with E-state index in [2.05, 4.69) is 10.6 Å². The van der Waals surface area contributed by atoms with Crippen LogP contribution < -0.4 is 10.6 Å². The molecule has 1 aromatic rings. The minimum absolute atomic E-state index is 0.0734. The number of benzene rings is 1. The molecular weight excluding hydrogens is 300 g/mol. The van der Waals surface area contributed by atoms with E-state index >= 15 is 0 Å². The Morgan fingerprint density at radius 2 is 1.91 bits per heavy atom. The highest BCUT2D eigenvalue weighted by molar-refractivity contribution is 7.98. The quantitative estimate of drug-likeness (QED) is 0.715. The van der Waals surface area contributed by atoms with E-state index in [4.69, 9.17) is 4.74 Å². The van der Waals surface area contributed by atoms with Crippen LogP contribution in [-0.2, 0) is 14.3 Å². The first-order chi connectivity index (χ1) is 10.6. The van der Waals surface area contributed by atoms with Crippen LogP contribution in [0.15, 0.2) is 30.3 Å². The van der Waals surface area contributed by atoms with Gasteiger partial charge in [0.05, 0.1) is 12.1 Å². The van der Waals surface area contributed by atoms with Gasteiger partial charge in [-0.1, -0.05) is 30.3 Å². The summed E-state index contributed by atoms with van der Waals surface area (Å²) < 4.78 is 5.27. The average Bonchev–Trinajstić information content (AvgIpc) is 2.55. The summed E-state index contributed by atoms with van der Waals surface area (Å²) in [6, 6.07) is 9.30. The molecule has 0 aromatic heterocycles. The molecule has 0 heterocycles. The molecule has 0 spiro atoms. The van der Waals surface area contributed by atoms with Gasteiger partial charge in [-0.3, -0.25) is 9.59 Å². The Labute approximate surface area is 136 Å². The lowest BCUT2D eigenvalue weighted by atomic mass is 10.1. The number of amides is 2. The van der Waals surface area contributed by atoms with Crippen molar-refractivity contribution in [2.24, 2.45) is 0 Å². The zero-order valence-electron chi connectivity index (χ0n) is 13.3. The third-order valence-electron chi connectivity index (χ3n) is 3.32. The lowest BCUT2D eigenvalue weighted by molar-refractivity contribution is -0.139. The van der Waals surface area contributed by atoms with Crippen LogP contribution in [0, 0.1) is 0 Å². The van der Waals surface area contributed by atoms with Gasteiger partial charge >= 0.3 is 11.8 Å². The van der Waals surface area contributed by atoms with Crippen LogP contribution in [0.3, 0.4) is 0 Å². The van der Waals surface area contributed by atoms with E-state index in [1.165, 1.54) is 0 Å². The maximum atomic E-state index is 11.9. The average molecular weight is 324 g/mol. The summed E-state index contributed by atoms with van der Waals surface area (Å²) in [6.45, 7) is 2.18. The van der Waals surface area contributed by atoms with Crippen molar-refractivity contribution in [1.82, 2.24) is 10.6 Å². The summed E-state index contributed by atoms with van der Waals surface area (Å²) in [4.78, 5) is 23.7. The fraction of sp³-hybridized carbons (Fsp3) is 0.500. The molecule has 0 fully saturated rings. The molecule has 0 aliphatic rings. The Morgan fingerprint density at radius 3 is 2.50 bits per heavy atom. The van der Waals surface area contributed by atoms with Crippen molar-refractivity contribution in [3.63, 3.8) is 0 Å². The molecule has 1 aromatic carbocycles. The lowest BCUT2D eigenvalue weighted by Gasteiger charge is -2.17. The van der Waals surface area contributed by atoms with E-state index in [1.54, 1.807) is 18.9 Å². The first kappa shape index (κ1) is 18.5. The second kappa shape index (κ2) is 10.2. The maximum Gasteiger partial charge on any atom is 0.309 e. The highest BCUT2D eigenvalue weighted by atomic mass is 32.2. The zero-order chi connectivity index (χ0) is 16.4. The minimum Gasteiger partial charge on any atom is -0.380 e. The van der Waals surface area contributed by atoms with Gasteiger partial charge in [0.1, 0.15) is 0 Å². The van der Waals surface area contributed by atoms with Crippen LogP contribution >= 0.6 is 11.8 Å². The summed E-state index contributed by atoms with van der Waals surface area (Å²) in [7, 11) is 1.61. The Kier molecular flexibility index (Phi) is 8.62. The van der Waals surface area contributed by atoms with Crippen LogP contribution in [0.5, 0.6) is 0 Å². The molecule has 0 aliphatic carbocycles. The molecule has 0 saturated heterocycles. The second-order valence-electron chi connectivity index (χ2n) is 4.96. The first-order valence-electron chi connectivity index (χ1n) is 7.23. The van der Waals surface area contributed by atoms with Crippen molar-refractivity contribution in [2.75, 3.05) is 25.7 Å². The van der Waals surface area contributed by atoms with Crippen molar-refractivity contribution < 1.29 is 14.3 Å². The number of hydrogen-bond acceptors (Lipinski definition) is 4. The molecule has 0 saturated carbocycles. The van der Waals surface area contributed by atoms with Gasteiger partial charge in [0, 0.05) is 13.7 Å². The SMILES string of the molecule is COC(CCSC)CNC(=O)C(=O)NC(C)c1ccccc1. The molecule has 1 rings (SSSR count). The molecule has 2 N–H and O–H groups in total. The van der Waals surface area contributed by atoms with Gasteiger partial charge in [0.25, 0.3) is 0 Å². The van der Waals surface area contributed by atoms with Gasteiger partial charge in [-0.15, -0.1) is 0 Å². The fourth-order valence-electron chi connectivity index (χ4n) is 1.93. The summed E-state index contributed by atoms with van der Waals surface area (Å²) in [5, 5.41) is 5.30. The van der Waals surface area contributed by atoms with Crippen LogP contribution in [0.4, 0.5) is 0 Å². The molecule has 2 atom stereocenters. The normalized spacial score (nSPS) is 13.2. The highest BCUT2D eigenvalue weighted by Gasteiger charge is 2.18. The number of carbonyl (C=O) groups excluding carboxylic acids is 2. The van der Waals surface area contributed by atoms with Gasteiger partial charge < -0.3 is 15.4 Å². The molecule has 0 radical (unpaired) electrons. The Bertz CT molecular complexity index is 468. The standard InChI is InChI=1S/C16H24N2O3S/c1-12(13-7-5-4-6-8-13)18-16(20)15(19)17-11-14(21-2)9-10-22-3/h4-8,12,14H,9-11H2,1-3H3,(H,17,19)(H,18,20). The zero-order valence-corrected chi connectivity index (χ0v) is 14.1. The maximum absolute atomic E-state index is 11.9. The third-order valence-corrected chi connectivity index (χ3v) is 3.96. The van der Waals surface area contributed by atoms with Crippen LogP contribution in [0.1, 0.15) is 24.9 Å². The van der Waals surface area contributed by atoms with Gasteiger partial charge in [-0.25, -0.2) is 0 Å². The smallest absolute Gasteiger partial charge is 0.309 e. The van der Waals surface area contributed by atoms with Crippen molar-refractivity contribution in [2.45, 2.75) is 25.5 Å². The molecule has 122 valence electrons. The van der Waals surface area contributed by atoms with Crippen molar-refractivity contribution in [3.8, 4) is 0 Å². The van der Waals surface area contributed by atoms with Gasteiger partial charge in [0.15, 0.2) is 0 Å². The topological polar surface area (TPSA) is 67.4 Å². The number of nitrogens with one attached hydrogen (secondary N) is 2. The van der Waals surface area contributed by atoms with Crippen molar-refractivity contribution in [3.05, 3.63) is 35.9 Å². The van der Waals surface area contributed by atoms with E-state index < -0.39 is 11.8 Å². The number of ether oxygens (including phenoxy) is 1. The first-order valence-corrected chi connectivity index (χ1v) is 8.63. The Morgan fingerprint density at radius 1 is 1.23 bits per heavy atom. The van der Waals surface area contributed by atoms with Crippen LogP contribution in [0.25, 0.3) is 0 Å². The van der Waals surface area contributed by atoms with Crippen molar-refractivity contribution in [1.29, 1.82) is 0 Å². The van der Waals surface area contributed by atoms with Gasteiger partial charge in [0.2, 0.25) is 0 Å². The predicted molar refractivity (Wildman–Crippen MR) is 89.8 cm³/mol. The predicted octanol–water partition coefficient (Wildman–Crippen LogP) is 1.75. The van der Waals surface area contributed by atoms with E-state index in [0.717, 1.165) is 17.7 Å². The Hall–Kier alpha value is -1.53. The summed E-state index contributed by atoms with van der Waals surface area (Å²) >= 11 is 1.72. The molecule has 5 nitrogen and oxygen atoms in total. The van der Waals surface area contributed by atoms with Gasteiger partial charge in [-0.2, -0.15) is 11.8 Å². The summed E-state index contributed by atoms with van der Waals surface area (Å²) in [5.74, 6) is -0.309. The number of carbonyl (C=O) groups is 2. The van der Waals surface area contributed by atoms with Crippen LogP contribution in [-0.4, -0.2) is 43.6 Å². The fourth-order valence-corrected chi connectivity index (χ4v) is 2.43. The summed E-state index contributed by atoms with van der Waals surface area (Å²) in [6.07, 6.45) is 2.78. The molecule has 0 bridgehead atoms. The highest BCUT2D eigenvalue weighted by Crippen LogP contribution is 2.10. The number of thioether (sulfide) groups is 1. The van der Waals surface area contributed by atoms with E-state index in [0.29, 0.717) is 6.54 Å². The minimum atomic E-state index is -0.631. The molecular formula is C16H24N2O3S. The molecule has 2 amide bonds. The van der Waals surface area contributed by atoms with E-state index in [1.807, 2.05) is 43.5 Å². The van der Waals surface area contributed by atoms with Gasteiger partial charge in [-0.05, 0) is 30.9 Å². The molecule has 2 unspecified atom stereocenters. The Balaban J connectivity index is 2.40. The lowest BCUT2D eigenvalue weighted by Crippen LogP contribution is -2.43. The number of methoxy groups -OCH3 is 1. The number of rotatable bonds is 8. The molecule has 0 aliphatic heterocycles. The van der Waals surface area contributed by atoms with E-state index in [9.17, 15) is 9.59 Å². The number of hydrogen-bond donors (Lipinski definition) is 2. The van der Waals surface area contributed by atoms with E-state index in [-0.39, 0.29) is 12.1 Å².